The predicted molar refractivity (Wildman–Crippen MR) is 76.7 cm³/mol. The van der Waals surface area contributed by atoms with Crippen LogP contribution in [0, 0.1) is 0 Å². The Balaban J connectivity index is 1.87. The van der Waals surface area contributed by atoms with E-state index in [-0.39, 0.29) is 11.5 Å². The number of nitrogens with two attached hydrogens (primary N) is 1. The Labute approximate surface area is 114 Å². The first-order valence-electron chi connectivity index (χ1n) is 6.90. The lowest BCUT2D eigenvalue weighted by Gasteiger charge is -2.36. The van der Waals surface area contributed by atoms with Gasteiger partial charge in [-0.1, -0.05) is 0 Å². The third kappa shape index (κ3) is 3.75. The van der Waals surface area contributed by atoms with E-state index in [9.17, 15) is 10.2 Å². The van der Waals surface area contributed by atoms with Gasteiger partial charge in [-0.2, -0.15) is 0 Å². The summed E-state index contributed by atoms with van der Waals surface area (Å²) in [5.74, 6) is 0.424. The summed E-state index contributed by atoms with van der Waals surface area (Å²) in [6, 6.07) is 4.67. The molecule has 0 bridgehead atoms. The molecule has 0 aliphatic carbocycles. The summed E-state index contributed by atoms with van der Waals surface area (Å²) in [4.78, 5) is 4.54. The Morgan fingerprint density at radius 3 is 2.47 bits per heavy atom. The lowest BCUT2D eigenvalue weighted by Crippen LogP contribution is -2.46. The topological polar surface area (TPSA) is 73.0 Å². The Kier molecular flexibility index (Phi) is 4.87. The fourth-order valence-corrected chi connectivity index (χ4v) is 2.46. The van der Waals surface area contributed by atoms with Crippen molar-refractivity contribution >= 4 is 5.69 Å². The van der Waals surface area contributed by atoms with Crippen molar-refractivity contribution in [3.8, 4) is 11.5 Å². The van der Waals surface area contributed by atoms with Crippen molar-refractivity contribution in [2.45, 2.75) is 12.8 Å². The normalized spacial score (nSPS) is 16.8. The number of anilines is 1. The van der Waals surface area contributed by atoms with Crippen LogP contribution >= 0.6 is 0 Å². The zero-order chi connectivity index (χ0) is 13.7. The van der Waals surface area contributed by atoms with E-state index in [1.807, 2.05) is 0 Å². The maximum Gasteiger partial charge on any atom is 0.139 e. The van der Waals surface area contributed by atoms with Crippen molar-refractivity contribution in [2.75, 3.05) is 44.2 Å². The number of rotatable bonds is 5. The monoisotopic (exact) mass is 265 g/mol. The minimum atomic E-state index is 0.193. The van der Waals surface area contributed by atoms with Gasteiger partial charge in [0, 0.05) is 32.2 Å². The number of phenolic OH excluding ortho intramolecular Hbond substituents is 2. The molecule has 1 aromatic carbocycles. The minimum absolute atomic E-state index is 0.193. The van der Waals surface area contributed by atoms with Gasteiger partial charge in [-0.05, 0) is 38.1 Å². The molecule has 1 heterocycles. The summed E-state index contributed by atoms with van der Waals surface area (Å²) in [5.41, 5.74) is 6.22. The molecule has 0 spiro atoms. The predicted octanol–water partition coefficient (Wildman–Crippen LogP) is 0.959. The number of hydrogen-bond donors (Lipinski definition) is 3. The highest BCUT2D eigenvalue weighted by Crippen LogP contribution is 2.31. The Morgan fingerprint density at radius 2 is 1.79 bits per heavy atom. The highest BCUT2D eigenvalue weighted by molar-refractivity contribution is 5.60. The van der Waals surface area contributed by atoms with Gasteiger partial charge < -0.3 is 20.8 Å². The first-order chi connectivity index (χ1) is 9.20. The average molecular weight is 265 g/mol. The van der Waals surface area contributed by atoms with Crippen LogP contribution in [0.2, 0.25) is 0 Å². The van der Waals surface area contributed by atoms with Crippen LogP contribution in [0.4, 0.5) is 5.69 Å². The Hall–Kier alpha value is -1.46. The number of aromatic hydroxyl groups is 2. The number of piperazine rings is 1. The smallest absolute Gasteiger partial charge is 0.139 e. The molecule has 0 atom stereocenters. The largest absolute Gasteiger partial charge is 0.508 e. The zero-order valence-electron chi connectivity index (χ0n) is 11.3. The zero-order valence-corrected chi connectivity index (χ0v) is 11.3. The van der Waals surface area contributed by atoms with E-state index in [0.717, 1.165) is 57.8 Å². The van der Waals surface area contributed by atoms with Gasteiger partial charge in [0.05, 0.1) is 5.69 Å². The molecular formula is C14H23N3O2. The van der Waals surface area contributed by atoms with Crippen LogP contribution in [0.25, 0.3) is 0 Å². The van der Waals surface area contributed by atoms with Crippen LogP contribution in [0.3, 0.4) is 0 Å². The van der Waals surface area contributed by atoms with Gasteiger partial charge in [0.15, 0.2) is 0 Å². The van der Waals surface area contributed by atoms with Crippen molar-refractivity contribution in [2.24, 2.45) is 5.73 Å². The van der Waals surface area contributed by atoms with Gasteiger partial charge in [-0.15, -0.1) is 0 Å². The Morgan fingerprint density at radius 1 is 1.05 bits per heavy atom. The first-order valence-corrected chi connectivity index (χ1v) is 6.90. The van der Waals surface area contributed by atoms with Crippen molar-refractivity contribution in [1.82, 2.24) is 4.90 Å². The molecule has 0 saturated carbocycles. The molecule has 4 N–H and O–H groups in total. The molecule has 0 amide bonds. The summed E-state index contributed by atoms with van der Waals surface area (Å²) in [6.45, 7) is 5.58. The van der Waals surface area contributed by atoms with E-state index < -0.39 is 0 Å². The van der Waals surface area contributed by atoms with Crippen LogP contribution in [-0.2, 0) is 0 Å². The van der Waals surface area contributed by atoms with Crippen LogP contribution in [0.5, 0.6) is 11.5 Å². The lowest BCUT2D eigenvalue weighted by molar-refractivity contribution is 0.253. The number of hydrogen-bond acceptors (Lipinski definition) is 5. The Bertz CT molecular complexity index is 404. The molecule has 0 unspecified atom stereocenters. The fourth-order valence-electron chi connectivity index (χ4n) is 2.46. The van der Waals surface area contributed by atoms with E-state index in [4.69, 9.17) is 5.73 Å². The van der Waals surface area contributed by atoms with E-state index in [0.29, 0.717) is 0 Å². The van der Waals surface area contributed by atoms with Crippen LogP contribution in [0.1, 0.15) is 12.8 Å². The van der Waals surface area contributed by atoms with Crippen molar-refractivity contribution < 1.29 is 10.2 Å². The fraction of sp³-hybridized carbons (Fsp3) is 0.571. The van der Waals surface area contributed by atoms with E-state index >= 15 is 0 Å². The molecular weight excluding hydrogens is 242 g/mol. The van der Waals surface area contributed by atoms with Gasteiger partial charge in [0.25, 0.3) is 0 Å². The molecule has 2 rings (SSSR count). The second-order valence-corrected chi connectivity index (χ2v) is 5.00. The van der Waals surface area contributed by atoms with Crippen molar-refractivity contribution in [3.63, 3.8) is 0 Å². The molecule has 1 fully saturated rings. The highest BCUT2D eigenvalue weighted by atomic mass is 16.3. The molecule has 0 radical (unpaired) electrons. The van der Waals surface area contributed by atoms with E-state index in [1.165, 1.54) is 12.1 Å². The molecule has 106 valence electrons. The molecule has 0 aromatic heterocycles. The summed E-state index contributed by atoms with van der Waals surface area (Å²) in [6.07, 6.45) is 2.22. The van der Waals surface area contributed by atoms with Gasteiger partial charge in [0.2, 0.25) is 0 Å². The molecule has 5 heteroatoms. The van der Waals surface area contributed by atoms with E-state index in [2.05, 4.69) is 9.80 Å². The molecule has 19 heavy (non-hydrogen) atoms. The van der Waals surface area contributed by atoms with Crippen LogP contribution in [0.15, 0.2) is 18.2 Å². The SMILES string of the molecule is NCCCCN1CCN(c2cc(O)ccc2O)CC1. The number of nitrogens with zero attached hydrogens (tertiary/aromatic N) is 2. The molecule has 5 nitrogen and oxygen atoms in total. The summed E-state index contributed by atoms with van der Waals surface area (Å²) in [7, 11) is 0. The summed E-state index contributed by atoms with van der Waals surface area (Å²) < 4.78 is 0. The second-order valence-electron chi connectivity index (χ2n) is 5.00. The molecule has 1 aromatic rings. The van der Waals surface area contributed by atoms with E-state index in [1.54, 1.807) is 6.07 Å². The third-order valence-electron chi connectivity index (χ3n) is 3.60. The van der Waals surface area contributed by atoms with Crippen molar-refractivity contribution in [3.05, 3.63) is 18.2 Å². The third-order valence-corrected chi connectivity index (χ3v) is 3.60. The van der Waals surface area contributed by atoms with Gasteiger partial charge in [0.1, 0.15) is 11.5 Å². The number of benzene rings is 1. The lowest BCUT2D eigenvalue weighted by atomic mass is 10.2. The van der Waals surface area contributed by atoms with Gasteiger partial charge in [-0.3, -0.25) is 4.90 Å². The molecule has 1 aliphatic heterocycles. The minimum Gasteiger partial charge on any atom is -0.508 e. The molecule has 1 saturated heterocycles. The summed E-state index contributed by atoms with van der Waals surface area (Å²) in [5, 5.41) is 19.3. The van der Waals surface area contributed by atoms with Crippen LogP contribution in [-0.4, -0.2) is 54.4 Å². The maximum absolute atomic E-state index is 9.85. The number of phenols is 2. The average Bonchev–Trinajstić information content (AvgIpc) is 2.43. The van der Waals surface area contributed by atoms with Gasteiger partial charge in [-0.25, -0.2) is 0 Å². The quantitative estimate of drug-likeness (QED) is 0.546. The molecule has 1 aliphatic rings. The standard InChI is InChI=1S/C14H23N3O2/c15-5-1-2-6-16-7-9-17(10-8-16)13-11-12(18)3-4-14(13)19/h3-4,11,18-19H,1-2,5-10,15H2. The van der Waals surface area contributed by atoms with Crippen molar-refractivity contribution in [1.29, 1.82) is 0 Å². The van der Waals surface area contributed by atoms with Gasteiger partial charge >= 0.3 is 0 Å². The summed E-state index contributed by atoms with van der Waals surface area (Å²) >= 11 is 0. The second kappa shape index (κ2) is 6.63. The highest BCUT2D eigenvalue weighted by Gasteiger charge is 2.19. The number of unbranched alkanes of at least 4 members (excludes halogenated alkanes) is 1. The first kappa shape index (κ1) is 14.0. The van der Waals surface area contributed by atoms with Crippen LogP contribution < -0.4 is 10.6 Å². The maximum atomic E-state index is 9.85.